The third-order valence-corrected chi connectivity index (χ3v) is 5.15. The Morgan fingerprint density at radius 2 is 2.08 bits per heavy atom. The number of nitrogens with zero attached hydrogens (tertiary/aromatic N) is 5. The number of carbonyl (C=O) groups excluding carboxylic acids is 1. The molecule has 2 saturated heterocycles. The Morgan fingerprint density at radius 1 is 1.23 bits per heavy atom. The smallest absolute Gasteiger partial charge is 0.274 e. The lowest BCUT2D eigenvalue weighted by Gasteiger charge is -2.27. The van der Waals surface area contributed by atoms with Gasteiger partial charge in [0.1, 0.15) is 5.69 Å². The number of rotatable bonds is 4. The Bertz CT molecular complexity index is 752. The van der Waals surface area contributed by atoms with Gasteiger partial charge in [-0.05, 0) is 30.5 Å². The van der Waals surface area contributed by atoms with E-state index >= 15 is 0 Å². The van der Waals surface area contributed by atoms with Gasteiger partial charge in [-0.15, -0.1) is 0 Å². The van der Waals surface area contributed by atoms with Crippen molar-refractivity contribution in [3.05, 3.63) is 47.5 Å². The molecule has 4 heterocycles. The van der Waals surface area contributed by atoms with E-state index in [4.69, 9.17) is 4.74 Å². The van der Waals surface area contributed by atoms with Gasteiger partial charge in [0, 0.05) is 45.6 Å². The first-order valence-electron chi connectivity index (χ1n) is 9.26. The zero-order valence-corrected chi connectivity index (χ0v) is 15.2. The molecule has 0 N–H and O–H groups in total. The molecule has 0 saturated carbocycles. The summed E-state index contributed by atoms with van der Waals surface area (Å²) in [4.78, 5) is 21.7. The third-order valence-electron chi connectivity index (χ3n) is 5.15. The molecular weight excluding hydrogens is 330 g/mol. The van der Waals surface area contributed by atoms with Crippen molar-refractivity contribution in [1.29, 1.82) is 0 Å². The molecule has 26 heavy (non-hydrogen) atoms. The van der Waals surface area contributed by atoms with Crippen molar-refractivity contribution in [3.8, 4) is 0 Å². The number of ether oxygens (including phenoxy) is 1. The number of morpholine rings is 1. The molecule has 0 spiro atoms. The lowest BCUT2D eigenvalue weighted by molar-refractivity contribution is 0.0341. The van der Waals surface area contributed by atoms with Crippen LogP contribution in [0, 0.1) is 0 Å². The first-order chi connectivity index (χ1) is 12.7. The highest BCUT2D eigenvalue weighted by Gasteiger charge is 2.32. The lowest BCUT2D eigenvalue weighted by Crippen LogP contribution is -2.35. The van der Waals surface area contributed by atoms with Crippen LogP contribution in [0.3, 0.4) is 0 Å². The van der Waals surface area contributed by atoms with E-state index in [-0.39, 0.29) is 11.9 Å². The molecule has 7 nitrogen and oxygen atoms in total. The highest BCUT2D eigenvalue weighted by molar-refractivity contribution is 5.92. The van der Waals surface area contributed by atoms with E-state index in [1.807, 2.05) is 18.1 Å². The summed E-state index contributed by atoms with van der Waals surface area (Å²) in [5, 5.41) is 4.25. The van der Waals surface area contributed by atoms with Crippen LogP contribution in [0.15, 0.2) is 30.6 Å². The molecule has 1 atom stereocenters. The molecule has 7 heteroatoms. The zero-order chi connectivity index (χ0) is 17.9. The summed E-state index contributed by atoms with van der Waals surface area (Å²) in [5.74, 6) is -0.00714. The largest absolute Gasteiger partial charge is 0.379 e. The standard InChI is InChI=1S/C19H25N5O2/c1-22-8-6-17(21-22)19(25)24-7-2-3-18(24)16-5-4-15(13-20-16)14-23-9-11-26-12-10-23/h4-6,8,13,18H,2-3,7,9-12,14H2,1H3/t18-/m0/s1. The van der Waals surface area contributed by atoms with Crippen molar-refractivity contribution in [1.82, 2.24) is 24.6 Å². The van der Waals surface area contributed by atoms with Crippen LogP contribution < -0.4 is 0 Å². The predicted molar refractivity (Wildman–Crippen MR) is 96.6 cm³/mol. The Hall–Kier alpha value is -2.25. The fourth-order valence-corrected chi connectivity index (χ4v) is 3.74. The Morgan fingerprint density at radius 3 is 2.77 bits per heavy atom. The molecule has 0 radical (unpaired) electrons. The van der Waals surface area contributed by atoms with E-state index in [1.54, 1.807) is 16.9 Å². The van der Waals surface area contributed by atoms with Crippen molar-refractivity contribution in [3.63, 3.8) is 0 Å². The zero-order valence-electron chi connectivity index (χ0n) is 15.2. The molecule has 0 bridgehead atoms. The number of carbonyl (C=O) groups is 1. The second-order valence-electron chi connectivity index (χ2n) is 7.01. The Balaban J connectivity index is 1.44. The molecule has 2 aromatic rings. The monoisotopic (exact) mass is 355 g/mol. The van der Waals surface area contributed by atoms with Gasteiger partial charge in [0.2, 0.25) is 0 Å². The minimum atomic E-state index is -0.00714. The molecule has 2 aliphatic heterocycles. The van der Waals surface area contributed by atoms with Gasteiger partial charge >= 0.3 is 0 Å². The van der Waals surface area contributed by atoms with Crippen LogP contribution in [0.1, 0.15) is 40.6 Å². The van der Waals surface area contributed by atoms with Crippen LogP contribution in [0.5, 0.6) is 0 Å². The molecule has 0 unspecified atom stereocenters. The molecule has 4 rings (SSSR count). The van der Waals surface area contributed by atoms with Crippen molar-refractivity contribution >= 4 is 5.91 Å². The van der Waals surface area contributed by atoms with Gasteiger partial charge < -0.3 is 9.64 Å². The highest BCUT2D eigenvalue weighted by atomic mass is 16.5. The van der Waals surface area contributed by atoms with Crippen molar-refractivity contribution in [2.45, 2.75) is 25.4 Å². The van der Waals surface area contributed by atoms with Gasteiger partial charge in [-0.1, -0.05) is 6.07 Å². The van der Waals surface area contributed by atoms with E-state index in [0.29, 0.717) is 5.69 Å². The molecule has 138 valence electrons. The second-order valence-corrected chi connectivity index (χ2v) is 7.01. The number of amides is 1. The van der Waals surface area contributed by atoms with E-state index in [2.05, 4.69) is 27.1 Å². The highest BCUT2D eigenvalue weighted by Crippen LogP contribution is 2.32. The van der Waals surface area contributed by atoms with Gasteiger partial charge in [0.15, 0.2) is 0 Å². The fraction of sp³-hybridized carbons (Fsp3) is 0.526. The predicted octanol–water partition coefficient (Wildman–Crippen LogP) is 1.62. The normalized spacial score (nSPS) is 21.3. The van der Waals surface area contributed by atoms with Crippen LogP contribution in [0.4, 0.5) is 0 Å². The Kier molecular flexibility index (Phi) is 4.99. The molecule has 2 aromatic heterocycles. The number of pyridine rings is 1. The summed E-state index contributed by atoms with van der Waals surface area (Å²) in [6, 6.07) is 6.03. The summed E-state index contributed by atoms with van der Waals surface area (Å²) >= 11 is 0. The quantitative estimate of drug-likeness (QED) is 0.834. The van der Waals surface area contributed by atoms with E-state index in [9.17, 15) is 4.79 Å². The van der Waals surface area contributed by atoms with Crippen molar-refractivity contribution in [2.75, 3.05) is 32.8 Å². The first kappa shape index (κ1) is 17.2. The number of hydrogen-bond acceptors (Lipinski definition) is 5. The van der Waals surface area contributed by atoms with E-state index < -0.39 is 0 Å². The third kappa shape index (κ3) is 3.64. The van der Waals surface area contributed by atoms with Crippen LogP contribution in [-0.4, -0.2) is 63.3 Å². The van der Waals surface area contributed by atoms with Crippen molar-refractivity contribution in [2.24, 2.45) is 7.05 Å². The summed E-state index contributed by atoms with van der Waals surface area (Å²) in [5.41, 5.74) is 2.68. The summed E-state index contributed by atoms with van der Waals surface area (Å²) in [7, 11) is 1.83. The maximum atomic E-state index is 12.8. The summed E-state index contributed by atoms with van der Waals surface area (Å²) in [6.45, 7) is 5.21. The van der Waals surface area contributed by atoms with E-state index in [1.165, 1.54) is 5.56 Å². The molecule has 0 aliphatic carbocycles. The second kappa shape index (κ2) is 7.55. The number of likely N-dealkylation sites (tertiary alicyclic amines) is 1. The SMILES string of the molecule is Cn1ccc(C(=O)N2CCC[C@H]2c2ccc(CN3CCOCC3)cn2)n1. The van der Waals surface area contributed by atoms with Crippen molar-refractivity contribution < 1.29 is 9.53 Å². The maximum absolute atomic E-state index is 12.8. The van der Waals surface area contributed by atoms with Crippen LogP contribution in [0.2, 0.25) is 0 Å². The van der Waals surface area contributed by atoms with Gasteiger partial charge in [-0.2, -0.15) is 5.10 Å². The average Bonchev–Trinajstić information content (AvgIpc) is 3.32. The van der Waals surface area contributed by atoms with Gasteiger partial charge in [-0.25, -0.2) is 0 Å². The van der Waals surface area contributed by atoms with Gasteiger partial charge in [0.05, 0.1) is 24.9 Å². The summed E-state index contributed by atoms with van der Waals surface area (Å²) in [6.07, 6.45) is 5.71. The minimum Gasteiger partial charge on any atom is -0.379 e. The maximum Gasteiger partial charge on any atom is 0.274 e. The van der Waals surface area contributed by atoms with Crippen LogP contribution >= 0.6 is 0 Å². The first-order valence-corrected chi connectivity index (χ1v) is 9.26. The average molecular weight is 355 g/mol. The number of aryl methyl sites for hydroxylation is 1. The van der Waals surface area contributed by atoms with Gasteiger partial charge in [0.25, 0.3) is 5.91 Å². The van der Waals surface area contributed by atoms with E-state index in [0.717, 1.165) is 57.9 Å². The molecule has 2 fully saturated rings. The molecule has 0 aromatic carbocycles. The topological polar surface area (TPSA) is 63.5 Å². The minimum absolute atomic E-state index is 0.00714. The Labute approximate surface area is 153 Å². The fourth-order valence-electron chi connectivity index (χ4n) is 3.74. The number of aromatic nitrogens is 3. The van der Waals surface area contributed by atoms with Crippen LogP contribution in [0.25, 0.3) is 0 Å². The molecule has 1 amide bonds. The lowest BCUT2D eigenvalue weighted by atomic mass is 10.1. The molecule has 2 aliphatic rings. The molecular formula is C19H25N5O2. The van der Waals surface area contributed by atoms with Crippen LogP contribution in [-0.2, 0) is 18.3 Å². The van der Waals surface area contributed by atoms with Gasteiger partial charge in [-0.3, -0.25) is 19.4 Å². The number of hydrogen-bond donors (Lipinski definition) is 0. The summed E-state index contributed by atoms with van der Waals surface area (Å²) < 4.78 is 7.06.